The lowest BCUT2D eigenvalue weighted by Crippen LogP contribution is -2.28. The van der Waals surface area contributed by atoms with Crippen molar-refractivity contribution in [1.29, 1.82) is 0 Å². The predicted molar refractivity (Wildman–Crippen MR) is 71.0 cm³/mol. The van der Waals surface area contributed by atoms with Crippen molar-refractivity contribution in [2.24, 2.45) is 5.73 Å². The number of H-pyrrole nitrogens is 1. The Morgan fingerprint density at radius 3 is 3.00 bits per heavy atom. The minimum absolute atomic E-state index is 0.512. The number of anilines is 1. The number of hydrogen-bond donors (Lipinski definition) is 2. The summed E-state index contributed by atoms with van der Waals surface area (Å²) in [6.45, 7) is 3.63. The second-order valence-electron chi connectivity index (χ2n) is 3.59. The van der Waals surface area contributed by atoms with E-state index in [4.69, 9.17) is 18.0 Å². The lowest BCUT2D eigenvalue weighted by molar-refractivity contribution is 0.821. The standard InChI is InChI=1S/C10H14N6S/c1-2-16(4-3-7(11)17)10-8-9(13-5-12-8)14-6-15-10/h5-6H,2-4H2,1H3,(H2,11,17)(H,12,13,14,15). The summed E-state index contributed by atoms with van der Waals surface area (Å²) in [6.07, 6.45) is 3.80. The first kappa shape index (κ1) is 11.7. The molecule has 0 saturated carbocycles. The molecule has 7 heteroatoms. The molecule has 0 aliphatic heterocycles. The quantitative estimate of drug-likeness (QED) is 0.766. The number of hydrogen-bond acceptors (Lipinski definition) is 5. The Balaban J connectivity index is 2.29. The number of nitrogens with two attached hydrogens (primary N) is 1. The first-order valence-electron chi connectivity index (χ1n) is 5.39. The van der Waals surface area contributed by atoms with Gasteiger partial charge in [-0.05, 0) is 6.92 Å². The van der Waals surface area contributed by atoms with E-state index in [1.54, 1.807) is 6.33 Å². The second-order valence-corrected chi connectivity index (χ2v) is 4.12. The molecule has 17 heavy (non-hydrogen) atoms. The molecule has 90 valence electrons. The Kier molecular flexibility index (Phi) is 3.48. The van der Waals surface area contributed by atoms with E-state index in [9.17, 15) is 0 Å². The first-order valence-corrected chi connectivity index (χ1v) is 5.80. The molecule has 2 aromatic heterocycles. The number of fused-ring (bicyclic) bond motifs is 1. The number of nitrogens with zero attached hydrogens (tertiary/aromatic N) is 4. The number of thiocarbonyl (C=S) groups is 1. The Morgan fingerprint density at radius 2 is 2.29 bits per heavy atom. The van der Waals surface area contributed by atoms with E-state index in [1.165, 1.54) is 6.33 Å². The number of nitrogens with one attached hydrogen (secondary N) is 1. The summed E-state index contributed by atoms with van der Waals surface area (Å²) >= 11 is 4.89. The highest BCUT2D eigenvalue weighted by atomic mass is 32.1. The van der Waals surface area contributed by atoms with Gasteiger partial charge < -0.3 is 15.6 Å². The van der Waals surface area contributed by atoms with Crippen molar-refractivity contribution in [1.82, 2.24) is 19.9 Å². The third kappa shape index (κ3) is 2.50. The van der Waals surface area contributed by atoms with Crippen LogP contribution >= 0.6 is 12.2 Å². The Bertz CT molecular complexity index is 522. The fraction of sp³-hybridized carbons (Fsp3) is 0.400. The van der Waals surface area contributed by atoms with Crippen molar-refractivity contribution < 1.29 is 0 Å². The highest BCUT2D eigenvalue weighted by molar-refractivity contribution is 7.80. The normalized spacial score (nSPS) is 10.6. The summed E-state index contributed by atoms with van der Waals surface area (Å²) in [5.41, 5.74) is 7.03. The molecule has 0 bridgehead atoms. The molecule has 2 aromatic rings. The van der Waals surface area contributed by atoms with Crippen LogP contribution in [-0.4, -0.2) is 38.0 Å². The SMILES string of the molecule is CCN(CCC(N)=S)c1ncnc2nc[nH]c12. The molecule has 0 atom stereocenters. The summed E-state index contributed by atoms with van der Waals surface area (Å²) in [6, 6.07) is 0. The van der Waals surface area contributed by atoms with Gasteiger partial charge in [-0.1, -0.05) is 12.2 Å². The number of aromatic nitrogens is 4. The largest absolute Gasteiger partial charge is 0.393 e. The summed E-state index contributed by atoms with van der Waals surface area (Å²) < 4.78 is 0. The molecule has 0 unspecified atom stereocenters. The zero-order chi connectivity index (χ0) is 12.3. The van der Waals surface area contributed by atoms with Crippen LogP contribution in [0.2, 0.25) is 0 Å². The number of rotatable bonds is 5. The van der Waals surface area contributed by atoms with Gasteiger partial charge in [0.15, 0.2) is 11.5 Å². The molecule has 0 saturated heterocycles. The number of imidazole rings is 1. The third-order valence-corrected chi connectivity index (χ3v) is 2.72. The van der Waals surface area contributed by atoms with Crippen molar-refractivity contribution in [3.8, 4) is 0 Å². The Labute approximate surface area is 104 Å². The molecular weight excluding hydrogens is 236 g/mol. The van der Waals surface area contributed by atoms with Crippen LogP contribution in [0.3, 0.4) is 0 Å². The van der Waals surface area contributed by atoms with Gasteiger partial charge in [-0.15, -0.1) is 0 Å². The third-order valence-electron chi connectivity index (χ3n) is 2.51. The van der Waals surface area contributed by atoms with Crippen molar-refractivity contribution in [2.45, 2.75) is 13.3 Å². The summed E-state index contributed by atoms with van der Waals surface area (Å²) in [4.78, 5) is 18.1. The summed E-state index contributed by atoms with van der Waals surface area (Å²) in [5, 5.41) is 0. The Morgan fingerprint density at radius 1 is 1.47 bits per heavy atom. The lowest BCUT2D eigenvalue weighted by Gasteiger charge is -2.21. The van der Waals surface area contributed by atoms with Crippen LogP contribution in [0.4, 0.5) is 5.82 Å². The molecule has 0 amide bonds. The molecule has 2 heterocycles. The van der Waals surface area contributed by atoms with Gasteiger partial charge in [0.25, 0.3) is 0 Å². The molecule has 0 fully saturated rings. The second kappa shape index (κ2) is 5.05. The molecule has 2 rings (SSSR count). The van der Waals surface area contributed by atoms with E-state index in [1.807, 2.05) is 0 Å². The zero-order valence-electron chi connectivity index (χ0n) is 9.55. The first-order chi connectivity index (χ1) is 8.22. The molecule has 3 N–H and O–H groups in total. The zero-order valence-corrected chi connectivity index (χ0v) is 10.4. The molecule has 0 aliphatic carbocycles. The molecule has 6 nitrogen and oxygen atoms in total. The molecular formula is C10H14N6S. The van der Waals surface area contributed by atoms with E-state index >= 15 is 0 Å². The van der Waals surface area contributed by atoms with Gasteiger partial charge in [0.2, 0.25) is 0 Å². The van der Waals surface area contributed by atoms with Crippen molar-refractivity contribution in [3.63, 3.8) is 0 Å². The summed E-state index contributed by atoms with van der Waals surface area (Å²) in [7, 11) is 0. The van der Waals surface area contributed by atoms with Crippen LogP contribution in [-0.2, 0) is 0 Å². The van der Waals surface area contributed by atoms with Crippen molar-refractivity contribution in [3.05, 3.63) is 12.7 Å². The van der Waals surface area contributed by atoms with Gasteiger partial charge in [0.1, 0.15) is 11.8 Å². The average Bonchev–Trinajstić information content (AvgIpc) is 2.78. The van der Waals surface area contributed by atoms with Gasteiger partial charge in [-0.3, -0.25) is 0 Å². The highest BCUT2D eigenvalue weighted by Crippen LogP contribution is 2.19. The van der Waals surface area contributed by atoms with Gasteiger partial charge >= 0.3 is 0 Å². The average molecular weight is 250 g/mol. The van der Waals surface area contributed by atoms with E-state index in [0.29, 0.717) is 17.1 Å². The minimum Gasteiger partial charge on any atom is -0.393 e. The molecule has 0 radical (unpaired) electrons. The van der Waals surface area contributed by atoms with E-state index < -0.39 is 0 Å². The monoisotopic (exact) mass is 250 g/mol. The predicted octanol–water partition coefficient (Wildman–Crippen LogP) is 0.855. The maximum Gasteiger partial charge on any atom is 0.182 e. The van der Waals surface area contributed by atoms with E-state index in [0.717, 1.165) is 24.4 Å². The van der Waals surface area contributed by atoms with Crippen LogP contribution in [0.25, 0.3) is 11.2 Å². The van der Waals surface area contributed by atoms with Gasteiger partial charge in [-0.25, -0.2) is 15.0 Å². The maximum absolute atomic E-state index is 5.52. The van der Waals surface area contributed by atoms with Crippen LogP contribution in [0.5, 0.6) is 0 Å². The Hall–Kier alpha value is -1.76. The van der Waals surface area contributed by atoms with Gasteiger partial charge in [-0.2, -0.15) is 0 Å². The maximum atomic E-state index is 5.52. The molecule has 0 aliphatic rings. The molecule has 0 aromatic carbocycles. The van der Waals surface area contributed by atoms with Crippen molar-refractivity contribution in [2.75, 3.05) is 18.0 Å². The topological polar surface area (TPSA) is 83.7 Å². The summed E-state index contributed by atoms with van der Waals surface area (Å²) in [5.74, 6) is 0.839. The van der Waals surface area contributed by atoms with Crippen LogP contribution in [0.1, 0.15) is 13.3 Å². The lowest BCUT2D eigenvalue weighted by atomic mass is 10.3. The van der Waals surface area contributed by atoms with E-state index in [2.05, 4.69) is 31.8 Å². The van der Waals surface area contributed by atoms with Gasteiger partial charge in [0, 0.05) is 19.5 Å². The number of aromatic amines is 1. The minimum atomic E-state index is 0.512. The fourth-order valence-electron chi connectivity index (χ4n) is 1.65. The molecule has 0 spiro atoms. The van der Waals surface area contributed by atoms with Gasteiger partial charge in [0.05, 0.1) is 11.3 Å². The van der Waals surface area contributed by atoms with Crippen LogP contribution in [0.15, 0.2) is 12.7 Å². The van der Waals surface area contributed by atoms with Crippen LogP contribution in [0, 0.1) is 0 Å². The fourth-order valence-corrected chi connectivity index (χ4v) is 1.74. The highest BCUT2D eigenvalue weighted by Gasteiger charge is 2.12. The van der Waals surface area contributed by atoms with Crippen molar-refractivity contribution >= 4 is 34.2 Å². The van der Waals surface area contributed by atoms with E-state index in [-0.39, 0.29) is 0 Å². The van der Waals surface area contributed by atoms with Crippen LogP contribution < -0.4 is 10.6 Å². The smallest absolute Gasteiger partial charge is 0.182 e.